The molecule has 1 aromatic heterocycles. The Balaban J connectivity index is 1.54. The topological polar surface area (TPSA) is 129 Å². The quantitative estimate of drug-likeness (QED) is 0.524. The van der Waals surface area contributed by atoms with E-state index in [1.165, 1.54) is 0 Å². The standard InChI is InChI=1S/C23H27FN6O5/c1-10-8-30-16-12(7-23(18(30)11(2)34-10)20(31)26-22(33)27-21(23)32)6-14-17(15(16)24)35-28-19(14)29-5-4-13(9-29)25-3/h6,10-11,13,18,25H,4-5,7-9H2,1-3H3,(H2,26,27,31,32,33)/t10-,11+,13+,18-/m1/s1. The molecule has 5 heterocycles. The zero-order chi connectivity index (χ0) is 24.6. The highest BCUT2D eigenvalue weighted by Gasteiger charge is 2.63. The van der Waals surface area contributed by atoms with Crippen molar-refractivity contribution < 1.29 is 28.0 Å². The van der Waals surface area contributed by atoms with Gasteiger partial charge in [0.05, 0.1) is 29.3 Å². The molecule has 0 bridgehead atoms. The summed E-state index contributed by atoms with van der Waals surface area (Å²) in [6, 6.07) is 0.378. The summed E-state index contributed by atoms with van der Waals surface area (Å²) in [6.07, 6.45) is -0.0298. The molecule has 1 spiro atoms. The number of nitrogens with one attached hydrogen (secondary N) is 3. The number of aromatic nitrogens is 1. The zero-order valence-corrected chi connectivity index (χ0v) is 19.7. The van der Waals surface area contributed by atoms with E-state index in [1.54, 1.807) is 17.9 Å². The molecule has 11 nitrogen and oxygen atoms in total. The van der Waals surface area contributed by atoms with Gasteiger partial charge in [0, 0.05) is 32.1 Å². The minimum atomic E-state index is -1.66. The number of hydrogen-bond acceptors (Lipinski definition) is 9. The number of benzene rings is 1. The highest BCUT2D eigenvalue weighted by Crippen LogP contribution is 2.49. The number of amides is 4. The summed E-state index contributed by atoms with van der Waals surface area (Å²) < 4.78 is 27.6. The average Bonchev–Trinajstić information content (AvgIpc) is 3.43. The molecule has 4 aliphatic rings. The number of morpholine rings is 1. The van der Waals surface area contributed by atoms with Crippen molar-refractivity contribution in [2.45, 2.75) is 51.0 Å². The highest BCUT2D eigenvalue weighted by molar-refractivity contribution is 6.20. The molecule has 6 rings (SSSR count). The molecule has 3 N–H and O–H groups in total. The third-order valence-electron chi connectivity index (χ3n) is 7.84. The number of urea groups is 1. The lowest BCUT2D eigenvalue weighted by molar-refractivity contribution is -0.153. The molecule has 35 heavy (non-hydrogen) atoms. The molecule has 4 amide bonds. The first-order valence-corrected chi connectivity index (χ1v) is 11.9. The van der Waals surface area contributed by atoms with Gasteiger partial charge in [-0.2, -0.15) is 0 Å². The lowest BCUT2D eigenvalue weighted by Crippen LogP contribution is -2.75. The number of anilines is 2. The molecule has 1 aromatic carbocycles. The van der Waals surface area contributed by atoms with Gasteiger partial charge in [-0.3, -0.25) is 20.2 Å². The van der Waals surface area contributed by atoms with E-state index in [0.29, 0.717) is 23.3 Å². The molecule has 2 aromatic rings. The molecule has 0 radical (unpaired) electrons. The Hall–Kier alpha value is -3.25. The van der Waals surface area contributed by atoms with Gasteiger partial charge in [0.1, 0.15) is 0 Å². The monoisotopic (exact) mass is 486 g/mol. The number of imide groups is 2. The highest BCUT2D eigenvalue weighted by atomic mass is 19.1. The van der Waals surface area contributed by atoms with Crippen molar-refractivity contribution in [1.29, 1.82) is 0 Å². The van der Waals surface area contributed by atoms with Gasteiger partial charge in [-0.25, -0.2) is 9.18 Å². The largest absolute Gasteiger partial charge is 0.372 e. The summed E-state index contributed by atoms with van der Waals surface area (Å²) in [4.78, 5) is 42.3. The van der Waals surface area contributed by atoms with Crippen LogP contribution in [0.1, 0.15) is 25.8 Å². The van der Waals surface area contributed by atoms with Crippen LogP contribution in [0.5, 0.6) is 0 Å². The molecule has 0 aliphatic carbocycles. The molecule has 4 aliphatic heterocycles. The Bertz CT molecular complexity index is 1240. The second-order valence-electron chi connectivity index (χ2n) is 9.94. The SMILES string of the molecule is CN[C@H]1CCN(c2noc3c(F)c4c(cc23)CC2(C(=O)NC(=O)NC2=O)[C@H]2[C@H](C)O[C@H](C)CN42)C1. The summed E-state index contributed by atoms with van der Waals surface area (Å²) in [5.41, 5.74) is -0.852. The fraction of sp³-hybridized carbons (Fsp3) is 0.565. The number of carbonyl (C=O) groups excluding carboxylic acids is 3. The van der Waals surface area contributed by atoms with E-state index in [4.69, 9.17) is 9.26 Å². The first kappa shape index (κ1) is 22.2. The molecule has 3 saturated heterocycles. The van der Waals surface area contributed by atoms with Crippen LogP contribution in [0.4, 0.5) is 20.7 Å². The number of carbonyl (C=O) groups is 3. The Morgan fingerprint density at radius 2 is 1.94 bits per heavy atom. The minimum absolute atomic E-state index is 0.0425. The Morgan fingerprint density at radius 1 is 1.20 bits per heavy atom. The van der Waals surface area contributed by atoms with Crippen LogP contribution in [0.15, 0.2) is 10.6 Å². The van der Waals surface area contributed by atoms with Gasteiger partial charge in [0.25, 0.3) is 0 Å². The van der Waals surface area contributed by atoms with E-state index < -0.39 is 41.2 Å². The van der Waals surface area contributed by atoms with Crippen molar-refractivity contribution >= 4 is 40.3 Å². The van der Waals surface area contributed by atoms with Crippen LogP contribution in [0.2, 0.25) is 0 Å². The Labute approximate surface area is 200 Å². The third kappa shape index (κ3) is 3.02. The molecule has 3 fully saturated rings. The lowest BCUT2D eigenvalue weighted by Gasteiger charge is -2.55. The van der Waals surface area contributed by atoms with E-state index in [-0.39, 0.29) is 36.4 Å². The number of fused-ring (bicyclic) bond motifs is 5. The van der Waals surface area contributed by atoms with Gasteiger partial charge >= 0.3 is 6.03 Å². The van der Waals surface area contributed by atoms with E-state index >= 15 is 4.39 Å². The summed E-state index contributed by atoms with van der Waals surface area (Å²) >= 11 is 0. The van der Waals surface area contributed by atoms with Crippen molar-refractivity contribution in [1.82, 2.24) is 21.1 Å². The van der Waals surface area contributed by atoms with Crippen molar-refractivity contribution in [2.75, 3.05) is 36.5 Å². The fourth-order valence-corrected chi connectivity index (χ4v) is 6.35. The van der Waals surface area contributed by atoms with E-state index in [9.17, 15) is 14.4 Å². The van der Waals surface area contributed by atoms with Crippen molar-refractivity contribution in [3.8, 4) is 0 Å². The number of ether oxygens (including phenoxy) is 1. The summed E-state index contributed by atoms with van der Waals surface area (Å²) in [5, 5.41) is 12.4. The average molecular weight is 487 g/mol. The maximum atomic E-state index is 16.1. The van der Waals surface area contributed by atoms with Gasteiger partial charge in [-0.1, -0.05) is 5.16 Å². The van der Waals surface area contributed by atoms with Crippen LogP contribution in [-0.2, 0) is 20.7 Å². The number of halogens is 1. The zero-order valence-electron chi connectivity index (χ0n) is 19.7. The summed E-state index contributed by atoms with van der Waals surface area (Å²) in [6.45, 7) is 5.31. The maximum absolute atomic E-state index is 16.1. The van der Waals surface area contributed by atoms with Crippen LogP contribution in [0.3, 0.4) is 0 Å². The number of barbiturate groups is 1. The predicted molar refractivity (Wildman–Crippen MR) is 123 cm³/mol. The van der Waals surface area contributed by atoms with E-state index in [2.05, 4.69) is 21.1 Å². The second-order valence-corrected chi connectivity index (χ2v) is 9.94. The van der Waals surface area contributed by atoms with Crippen LogP contribution in [-0.4, -0.2) is 74.0 Å². The predicted octanol–water partition coefficient (Wildman–Crippen LogP) is 0.656. The van der Waals surface area contributed by atoms with Crippen LogP contribution in [0.25, 0.3) is 11.0 Å². The number of hydrogen-bond donors (Lipinski definition) is 3. The first-order chi connectivity index (χ1) is 16.7. The summed E-state index contributed by atoms with van der Waals surface area (Å²) in [7, 11) is 1.90. The molecule has 4 atom stereocenters. The number of nitrogens with zero attached hydrogens (tertiary/aromatic N) is 3. The van der Waals surface area contributed by atoms with E-state index in [0.717, 1.165) is 13.0 Å². The van der Waals surface area contributed by atoms with Gasteiger partial charge in [-0.15, -0.1) is 0 Å². The van der Waals surface area contributed by atoms with Gasteiger partial charge < -0.3 is 24.4 Å². The smallest absolute Gasteiger partial charge is 0.328 e. The lowest BCUT2D eigenvalue weighted by atomic mass is 9.66. The third-order valence-corrected chi connectivity index (χ3v) is 7.84. The van der Waals surface area contributed by atoms with Crippen LogP contribution >= 0.6 is 0 Å². The van der Waals surface area contributed by atoms with Gasteiger partial charge in [0.2, 0.25) is 17.4 Å². The van der Waals surface area contributed by atoms with E-state index in [1.807, 2.05) is 18.9 Å². The van der Waals surface area contributed by atoms with Gasteiger partial charge in [0.15, 0.2) is 17.1 Å². The normalized spacial score (nSPS) is 29.9. The molecule has 186 valence electrons. The number of likely N-dealkylation sites (N-methyl/N-ethyl adjacent to an activating group) is 1. The van der Waals surface area contributed by atoms with Crippen LogP contribution < -0.4 is 25.8 Å². The first-order valence-electron chi connectivity index (χ1n) is 11.9. The van der Waals surface area contributed by atoms with Crippen LogP contribution in [0, 0.1) is 11.2 Å². The Kier molecular flexibility index (Phi) is 4.84. The van der Waals surface area contributed by atoms with Crippen molar-refractivity contribution in [2.24, 2.45) is 5.41 Å². The molecular formula is C23H27FN6O5. The summed E-state index contributed by atoms with van der Waals surface area (Å²) in [5.74, 6) is -1.46. The number of rotatable bonds is 2. The minimum Gasteiger partial charge on any atom is -0.372 e. The molecule has 12 heteroatoms. The second kappa shape index (κ2) is 7.62. The Morgan fingerprint density at radius 3 is 2.63 bits per heavy atom. The van der Waals surface area contributed by atoms with Crippen molar-refractivity contribution in [3.63, 3.8) is 0 Å². The van der Waals surface area contributed by atoms with Gasteiger partial charge in [-0.05, 0) is 38.9 Å². The van der Waals surface area contributed by atoms with Crippen molar-refractivity contribution in [3.05, 3.63) is 17.4 Å². The molecule has 0 unspecified atom stereocenters. The molecular weight excluding hydrogens is 459 g/mol. The fourth-order valence-electron chi connectivity index (χ4n) is 6.35. The maximum Gasteiger partial charge on any atom is 0.328 e. The molecule has 0 saturated carbocycles.